The zero-order valence-corrected chi connectivity index (χ0v) is 12.4. The second kappa shape index (κ2) is 5.46. The quantitative estimate of drug-likeness (QED) is 0.861. The number of ketones is 1. The molecule has 2 aromatic rings. The van der Waals surface area contributed by atoms with Crippen LogP contribution in [0.25, 0.3) is 0 Å². The average Bonchev–Trinajstić information content (AvgIpc) is 3.01. The summed E-state index contributed by atoms with van der Waals surface area (Å²) in [7, 11) is 0. The number of carbonyl (C=O) groups is 1. The lowest BCUT2D eigenvalue weighted by molar-refractivity contribution is -0.117. The van der Waals surface area contributed by atoms with Crippen LogP contribution in [-0.4, -0.2) is 27.4 Å². The lowest BCUT2D eigenvalue weighted by Gasteiger charge is -2.00. The van der Waals surface area contributed by atoms with Crippen LogP contribution in [0, 0.1) is 0 Å². The van der Waals surface area contributed by atoms with Crippen molar-refractivity contribution in [1.82, 2.24) is 10.1 Å². The normalized spacial score (nSPS) is 19.0. The van der Waals surface area contributed by atoms with Gasteiger partial charge in [0.25, 0.3) is 0 Å². The molecule has 4 nitrogen and oxygen atoms in total. The van der Waals surface area contributed by atoms with Crippen LogP contribution in [0.3, 0.4) is 0 Å². The van der Waals surface area contributed by atoms with Crippen molar-refractivity contribution in [2.75, 3.05) is 11.5 Å². The summed E-state index contributed by atoms with van der Waals surface area (Å²) in [6, 6.07) is 7.92. The lowest BCUT2D eigenvalue weighted by atomic mass is 10.1. The molecular formula is C13H11BrN2O2S. The Morgan fingerprint density at radius 3 is 3.00 bits per heavy atom. The van der Waals surface area contributed by atoms with E-state index < -0.39 is 0 Å². The highest BCUT2D eigenvalue weighted by Gasteiger charge is 2.31. The standard InChI is InChI=1S/C13H11BrN2O2S/c14-10-4-2-1-3-8(10)5-12-15-13(18-16-12)9-6-19-7-11(9)17/h1-4,9H,5-7H2. The van der Waals surface area contributed by atoms with Crippen molar-refractivity contribution in [2.45, 2.75) is 12.3 Å². The van der Waals surface area contributed by atoms with E-state index in [1.165, 1.54) is 0 Å². The molecule has 19 heavy (non-hydrogen) atoms. The van der Waals surface area contributed by atoms with Gasteiger partial charge in [-0.25, -0.2) is 0 Å². The van der Waals surface area contributed by atoms with E-state index in [9.17, 15) is 4.79 Å². The average molecular weight is 339 g/mol. The second-order valence-electron chi connectivity index (χ2n) is 4.35. The fourth-order valence-electron chi connectivity index (χ4n) is 1.97. The molecule has 0 bridgehead atoms. The highest BCUT2D eigenvalue weighted by atomic mass is 79.9. The molecule has 1 saturated heterocycles. The first-order valence-corrected chi connectivity index (χ1v) is 7.85. The predicted octanol–water partition coefficient (Wildman–Crippen LogP) is 2.82. The molecule has 0 saturated carbocycles. The van der Waals surface area contributed by atoms with Gasteiger partial charge < -0.3 is 4.52 Å². The summed E-state index contributed by atoms with van der Waals surface area (Å²) < 4.78 is 6.24. The number of rotatable bonds is 3. The first-order chi connectivity index (χ1) is 9.24. The van der Waals surface area contributed by atoms with Gasteiger partial charge in [0.1, 0.15) is 5.92 Å². The van der Waals surface area contributed by atoms with Crippen molar-refractivity contribution in [2.24, 2.45) is 0 Å². The first kappa shape index (κ1) is 12.9. The number of benzene rings is 1. The minimum absolute atomic E-state index is 0.182. The van der Waals surface area contributed by atoms with Gasteiger partial charge in [0, 0.05) is 16.6 Å². The molecule has 0 spiro atoms. The smallest absolute Gasteiger partial charge is 0.238 e. The molecule has 6 heteroatoms. The van der Waals surface area contributed by atoms with Crippen LogP contribution >= 0.6 is 27.7 Å². The Kier molecular flexibility index (Phi) is 3.70. The van der Waals surface area contributed by atoms with Crippen LogP contribution in [0.1, 0.15) is 23.2 Å². The second-order valence-corrected chi connectivity index (χ2v) is 6.24. The molecule has 1 unspecified atom stereocenters. The van der Waals surface area contributed by atoms with Crippen molar-refractivity contribution in [3.63, 3.8) is 0 Å². The molecule has 98 valence electrons. The largest absolute Gasteiger partial charge is 0.339 e. The van der Waals surface area contributed by atoms with Gasteiger partial charge in [-0.2, -0.15) is 16.7 Å². The molecule has 0 aliphatic carbocycles. The molecule has 1 aliphatic rings. The van der Waals surface area contributed by atoms with E-state index in [4.69, 9.17) is 4.52 Å². The Labute approximate surface area is 123 Å². The van der Waals surface area contributed by atoms with Gasteiger partial charge in [-0.15, -0.1) is 0 Å². The third kappa shape index (κ3) is 2.74. The number of hydrogen-bond acceptors (Lipinski definition) is 5. The Balaban J connectivity index is 1.78. The van der Waals surface area contributed by atoms with Gasteiger partial charge in [-0.1, -0.05) is 39.3 Å². The van der Waals surface area contributed by atoms with Crippen molar-refractivity contribution < 1.29 is 9.32 Å². The zero-order valence-electron chi connectivity index (χ0n) is 10.0. The molecular weight excluding hydrogens is 328 g/mol. The van der Waals surface area contributed by atoms with Crippen LogP contribution in [0.4, 0.5) is 0 Å². The van der Waals surface area contributed by atoms with Crippen molar-refractivity contribution in [1.29, 1.82) is 0 Å². The minimum atomic E-state index is -0.217. The van der Waals surface area contributed by atoms with Crippen LogP contribution in [0.15, 0.2) is 33.3 Å². The number of halogens is 1. The van der Waals surface area contributed by atoms with Crippen LogP contribution in [0.5, 0.6) is 0 Å². The molecule has 2 heterocycles. The number of hydrogen-bond donors (Lipinski definition) is 0. The molecule has 1 fully saturated rings. The predicted molar refractivity (Wildman–Crippen MR) is 76.3 cm³/mol. The third-order valence-corrected chi connectivity index (χ3v) is 4.84. The summed E-state index contributed by atoms with van der Waals surface area (Å²) in [4.78, 5) is 16.0. The van der Waals surface area contributed by atoms with Gasteiger partial charge >= 0.3 is 0 Å². The summed E-state index contributed by atoms with van der Waals surface area (Å²) in [6.45, 7) is 0. The van der Waals surface area contributed by atoms with Crippen LogP contribution < -0.4 is 0 Å². The fourth-order valence-corrected chi connectivity index (χ4v) is 3.48. The fraction of sp³-hybridized carbons (Fsp3) is 0.308. The molecule has 1 atom stereocenters. The van der Waals surface area contributed by atoms with E-state index in [0.717, 1.165) is 15.8 Å². The van der Waals surface area contributed by atoms with E-state index in [-0.39, 0.29) is 11.7 Å². The van der Waals surface area contributed by atoms with Gasteiger partial charge in [-0.05, 0) is 11.6 Å². The zero-order chi connectivity index (χ0) is 13.2. The summed E-state index contributed by atoms with van der Waals surface area (Å²) in [5.74, 6) is 2.33. The number of Topliss-reactive ketones (excluding diaryl/α,β-unsaturated/α-hetero) is 1. The Morgan fingerprint density at radius 2 is 2.26 bits per heavy atom. The first-order valence-electron chi connectivity index (χ1n) is 5.90. The van der Waals surface area contributed by atoms with E-state index in [1.807, 2.05) is 24.3 Å². The van der Waals surface area contributed by atoms with E-state index in [0.29, 0.717) is 23.9 Å². The Hall–Kier alpha value is -1.14. The van der Waals surface area contributed by atoms with Crippen molar-refractivity contribution in [3.8, 4) is 0 Å². The van der Waals surface area contributed by atoms with E-state index in [2.05, 4.69) is 26.1 Å². The van der Waals surface area contributed by atoms with Crippen molar-refractivity contribution in [3.05, 3.63) is 46.0 Å². The van der Waals surface area contributed by atoms with E-state index >= 15 is 0 Å². The monoisotopic (exact) mass is 338 g/mol. The molecule has 0 amide bonds. The molecule has 1 aromatic heterocycles. The number of aromatic nitrogens is 2. The highest BCUT2D eigenvalue weighted by molar-refractivity contribution is 9.10. The highest BCUT2D eigenvalue weighted by Crippen LogP contribution is 2.28. The molecule has 1 aliphatic heterocycles. The van der Waals surface area contributed by atoms with Gasteiger partial charge in [0.2, 0.25) is 5.89 Å². The summed E-state index contributed by atoms with van der Waals surface area (Å²) in [5.41, 5.74) is 1.10. The Bertz CT molecular complexity index is 614. The molecule has 0 N–H and O–H groups in total. The van der Waals surface area contributed by atoms with Gasteiger partial charge in [-0.3, -0.25) is 4.79 Å². The maximum atomic E-state index is 11.6. The molecule has 3 rings (SSSR count). The van der Waals surface area contributed by atoms with Gasteiger partial charge in [0.15, 0.2) is 11.6 Å². The molecule has 1 aromatic carbocycles. The summed E-state index contributed by atoms with van der Waals surface area (Å²) in [5, 5.41) is 3.96. The third-order valence-electron chi connectivity index (χ3n) is 3.01. The Morgan fingerprint density at radius 1 is 1.42 bits per heavy atom. The van der Waals surface area contributed by atoms with Gasteiger partial charge in [0.05, 0.1) is 5.75 Å². The number of thioether (sulfide) groups is 1. The molecule has 0 radical (unpaired) electrons. The van der Waals surface area contributed by atoms with E-state index in [1.54, 1.807) is 11.8 Å². The van der Waals surface area contributed by atoms with Crippen LogP contribution in [-0.2, 0) is 11.2 Å². The minimum Gasteiger partial charge on any atom is -0.339 e. The number of carbonyl (C=O) groups excluding carboxylic acids is 1. The summed E-state index contributed by atoms with van der Waals surface area (Å²) >= 11 is 5.11. The maximum absolute atomic E-state index is 11.6. The lowest BCUT2D eigenvalue weighted by Crippen LogP contribution is -2.09. The topological polar surface area (TPSA) is 56.0 Å². The summed E-state index contributed by atoms with van der Waals surface area (Å²) in [6.07, 6.45) is 0.596. The van der Waals surface area contributed by atoms with Crippen molar-refractivity contribution >= 4 is 33.5 Å². The van der Waals surface area contributed by atoms with Crippen LogP contribution in [0.2, 0.25) is 0 Å². The SMILES string of the molecule is O=C1CSCC1c1nc(Cc2ccccc2Br)no1. The number of nitrogens with zero attached hydrogens (tertiary/aromatic N) is 2. The maximum Gasteiger partial charge on any atom is 0.238 e.